The molecule has 4 nitrogen and oxygen atoms in total. The Bertz CT molecular complexity index is 518. The van der Waals surface area contributed by atoms with Gasteiger partial charge in [0.15, 0.2) is 11.5 Å². The van der Waals surface area contributed by atoms with Crippen LogP contribution in [0.25, 0.3) is 0 Å². The fraction of sp³-hybridized carbons (Fsp3) is 0.438. The second-order valence-electron chi connectivity index (χ2n) is 5.41. The zero-order valence-corrected chi connectivity index (χ0v) is 11.4. The van der Waals surface area contributed by atoms with Crippen molar-refractivity contribution in [3.05, 3.63) is 30.7 Å². The molecule has 1 aromatic rings. The van der Waals surface area contributed by atoms with E-state index in [0.717, 1.165) is 18.0 Å². The lowest BCUT2D eigenvalue weighted by atomic mass is 10.0. The van der Waals surface area contributed by atoms with Crippen LogP contribution in [0.2, 0.25) is 0 Å². The van der Waals surface area contributed by atoms with Crippen molar-refractivity contribution >= 4 is 11.6 Å². The van der Waals surface area contributed by atoms with Crippen LogP contribution in [0.5, 0.6) is 11.5 Å². The largest absolute Gasteiger partial charge is 0.458 e. The van der Waals surface area contributed by atoms with Gasteiger partial charge in [-0.1, -0.05) is 25.7 Å². The predicted molar refractivity (Wildman–Crippen MR) is 76.7 cm³/mol. The Morgan fingerprint density at radius 1 is 1.15 bits per heavy atom. The number of hydrogen-bond donors (Lipinski definition) is 1. The molecule has 0 aromatic heterocycles. The minimum Gasteiger partial charge on any atom is -0.458 e. The number of carbonyl (C=O) groups excluding carboxylic acids is 1. The zero-order valence-electron chi connectivity index (χ0n) is 11.4. The SMILES string of the molecule is O=C(CCC1CCCC1)Nc1ccc2c(c1)OC=CO2. The Morgan fingerprint density at radius 3 is 2.70 bits per heavy atom. The first-order chi connectivity index (χ1) is 9.81. The van der Waals surface area contributed by atoms with E-state index in [2.05, 4.69) is 5.32 Å². The molecule has 1 aromatic carbocycles. The molecule has 2 aliphatic rings. The van der Waals surface area contributed by atoms with Gasteiger partial charge in [-0.25, -0.2) is 0 Å². The minimum absolute atomic E-state index is 0.0733. The molecule has 1 heterocycles. The summed E-state index contributed by atoms with van der Waals surface area (Å²) in [5, 5.41) is 2.92. The standard InChI is InChI=1S/C16H19NO3/c18-16(8-5-12-3-1-2-4-12)17-13-6-7-14-15(11-13)20-10-9-19-14/h6-7,9-12H,1-5,8H2,(H,17,18). The highest BCUT2D eigenvalue weighted by Gasteiger charge is 2.16. The highest BCUT2D eigenvalue weighted by atomic mass is 16.5. The third-order valence-electron chi connectivity index (χ3n) is 3.93. The summed E-state index contributed by atoms with van der Waals surface area (Å²) < 4.78 is 10.6. The molecule has 0 spiro atoms. The van der Waals surface area contributed by atoms with Crippen molar-refractivity contribution in [3.8, 4) is 11.5 Å². The molecular formula is C16H19NO3. The summed E-state index contributed by atoms with van der Waals surface area (Å²) in [5.74, 6) is 2.10. The third-order valence-corrected chi connectivity index (χ3v) is 3.93. The average Bonchev–Trinajstić information content (AvgIpc) is 2.98. The second-order valence-corrected chi connectivity index (χ2v) is 5.41. The van der Waals surface area contributed by atoms with Gasteiger partial charge >= 0.3 is 0 Å². The fourth-order valence-electron chi connectivity index (χ4n) is 2.84. The van der Waals surface area contributed by atoms with E-state index in [4.69, 9.17) is 9.47 Å². The molecule has 0 saturated heterocycles. The van der Waals surface area contributed by atoms with E-state index >= 15 is 0 Å². The van der Waals surface area contributed by atoms with E-state index < -0.39 is 0 Å². The van der Waals surface area contributed by atoms with Gasteiger partial charge in [0.2, 0.25) is 5.91 Å². The molecule has 3 rings (SSSR count). The number of ether oxygens (including phenoxy) is 2. The van der Waals surface area contributed by atoms with Crippen LogP contribution in [0.1, 0.15) is 38.5 Å². The van der Waals surface area contributed by atoms with Gasteiger partial charge in [0.05, 0.1) is 0 Å². The molecular weight excluding hydrogens is 254 g/mol. The van der Waals surface area contributed by atoms with Crippen LogP contribution in [0.3, 0.4) is 0 Å². The van der Waals surface area contributed by atoms with E-state index in [1.165, 1.54) is 38.2 Å². The Balaban J connectivity index is 1.53. The number of anilines is 1. The topological polar surface area (TPSA) is 47.6 Å². The molecule has 4 heteroatoms. The number of nitrogens with one attached hydrogen (secondary N) is 1. The number of carbonyl (C=O) groups is 1. The smallest absolute Gasteiger partial charge is 0.224 e. The third kappa shape index (κ3) is 3.13. The number of fused-ring (bicyclic) bond motifs is 1. The quantitative estimate of drug-likeness (QED) is 0.906. The Morgan fingerprint density at radius 2 is 1.90 bits per heavy atom. The van der Waals surface area contributed by atoms with Crippen molar-refractivity contribution in [1.82, 2.24) is 0 Å². The van der Waals surface area contributed by atoms with E-state index in [0.29, 0.717) is 17.9 Å². The zero-order chi connectivity index (χ0) is 13.8. The van der Waals surface area contributed by atoms with Crippen molar-refractivity contribution in [2.24, 2.45) is 5.92 Å². The summed E-state index contributed by atoms with van der Waals surface area (Å²) in [4.78, 5) is 11.9. The maximum atomic E-state index is 11.9. The van der Waals surface area contributed by atoms with Crippen LogP contribution in [0.4, 0.5) is 5.69 Å². The molecule has 0 unspecified atom stereocenters. The maximum Gasteiger partial charge on any atom is 0.224 e. The lowest BCUT2D eigenvalue weighted by molar-refractivity contribution is -0.116. The number of amides is 1. The lowest BCUT2D eigenvalue weighted by Crippen LogP contribution is -2.13. The van der Waals surface area contributed by atoms with E-state index in [1.54, 1.807) is 12.1 Å². The molecule has 1 saturated carbocycles. The van der Waals surface area contributed by atoms with Gasteiger partial charge in [0.1, 0.15) is 12.5 Å². The van der Waals surface area contributed by atoms with E-state index in [-0.39, 0.29) is 5.91 Å². The fourth-order valence-corrected chi connectivity index (χ4v) is 2.84. The summed E-state index contributed by atoms with van der Waals surface area (Å²) in [5.41, 5.74) is 0.749. The van der Waals surface area contributed by atoms with Gasteiger partial charge < -0.3 is 14.8 Å². The highest BCUT2D eigenvalue weighted by Crippen LogP contribution is 2.33. The molecule has 0 radical (unpaired) electrons. The van der Waals surface area contributed by atoms with Gasteiger partial charge in [-0.2, -0.15) is 0 Å². The van der Waals surface area contributed by atoms with E-state index in [9.17, 15) is 4.79 Å². The Hall–Kier alpha value is -1.97. The van der Waals surface area contributed by atoms with Gasteiger partial charge in [-0.15, -0.1) is 0 Å². The number of hydrogen-bond acceptors (Lipinski definition) is 3. The van der Waals surface area contributed by atoms with E-state index in [1.807, 2.05) is 6.07 Å². The molecule has 1 amide bonds. The molecule has 106 valence electrons. The monoisotopic (exact) mass is 273 g/mol. The first-order valence-corrected chi connectivity index (χ1v) is 7.23. The highest BCUT2D eigenvalue weighted by molar-refractivity contribution is 5.91. The van der Waals surface area contributed by atoms with Crippen LogP contribution < -0.4 is 14.8 Å². The Labute approximate surface area is 118 Å². The van der Waals surface area contributed by atoms with Gasteiger partial charge in [0, 0.05) is 18.2 Å². The molecule has 1 fully saturated rings. The first kappa shape index (κ1) is 13.0. The van der Waals surface area contributed by atoms with Crippen LogP contribution >= 0.6 is 0 Å². The second kappa shape index (κ2) is 5.99. The summed E-state index contributed by atoms with van der Waals surface area (Å²) >= 11 is 0. The van der Waals surface area contributed by atoms with Crippen molar-refractivity contribution in [1.29, 1.82) is 0 Å². The molecule has 0 atom stereocenters. The van der Waals surface area contributed by atoms with Crippen molar-refractivity contribution < 1.29 is 14.3 Å². The van der Waals surface area contributed by atoms with Gasteiger partial charge in [-0.05, 0) is 24.5 Å². The first-order valence-electron chi connectivity index (χ1n) is 7.23. The summed E-state index contributed by atoms with van der Waals surface area (Å²) in [7, 11) is 0. The molecule has 1 aliphatic heterocycles. The van der Waals surface area contributed by atoms with Crippen LogP contribution in [-0.2, 0) is 4.79 Å². The van der Waals surface area contributed by atoms with Crippen LogP contribution in [0.15, 0.2) is 30.7 Å². The minimum atomic E-state index is 0.0733. The molecule has 0 bridgehead atoms. The lowest BCUT2D eigenvalue weighted by Gasteiger charge is -2.14. The summed E-state index contributed by atoms with van der Waals surface area (Å²) in [6, 6.07) is 5.41. The summed E-state index contributed by atoms with van der Waals surface area (Å²) in [6.45, 7) is 0. The van der Waals surface area contributed by atoms with Crippen LogP contribution in [0, 0.1) is 5.92 Å². The van der Waals surface area contributed by atoms with Crippen LogP contribution in [-0.4, -0.2) is 5.91 Å². The molecule has 1 aliphatic carbocycles. The van der Waals surface area contributed by atoms with Gasteiger partial charge in [-0.3, -0.25) is 4.79 Å². The number of benzene rings is 1. The molecule has 20 heavy (non-hydrogen) atoms. The molecule has 1 N–H and O–H groups in total. The predicted octanol–water partition coefficient (Wildman–Crippen LogP) is 3.84. The number of rotatable bonds is 4. The average molecular weight is 273 g/mol. The summed E-state index contributed by atoms with van der Waals surface area (Å²) in [6.07, 6.45) is 9.77. The van der Waals surface area contributed by atoms with Gasteiger partial charge in [0.25, 0.3) is 0 Å². The Kier molecular flexibility index (Phi) is 3.90. The van der Waals surface area contributed by atoms with Crippen molar-refractivity contribution in [3.63, 3.8) is 0 Å². The normalized spacial score (nSPS) is 17.2. The van der Waals surface area contributed by atoms with Crippen molar-refractivity contribution in [2.45, 2.75) is 38.5 Å². The van der Waals surface area contributed by atoms with Crippen molar-refractivity contribution in [2.75, 3.05) is 5.32 Å². The maximum absolute atomic E-state index is 11.9.